The van der Waals surface area contributed by atoms with Crippen LogP contribution in [0, 0.1) is 0 Å². The third-order valence-corrected chi connectivity index (χ3v) is 5.41. The van der Waals surface area contributed by atoms with Crippen molar-refractivity contribution in [3.05, 3.63) is 53.1 Å². The van der Waals surface area contributed by atoms with Crippen molar-refractivity contribution in [1.29, 1.82) is 0 Å². The highest BCUT2D eigenvalue weighted by Crippen LogP contribution is 2.24. The molecule has 0 aliphatic carbocycles. The van der Waals surface area contributed by atoms with Crippen LogP contribution in [-0.2, 0) is 19.6 Å². The van der Waals surface area contributed by atoms with Crippen molar-refractivity contribution in [2.45, 2.75) is 19.6 Å². The fourth-order valence-electron chi connectivity index (χ4n) is 3.06. The Morgan fingerprint density at radius 1 is 0.964 bits per heavy atom. The van der Waals surface area contributed by atoms with Crippen LogP contribution in [0.3, 0.4) is 0 Å². The fourth-order valence-corrected chi connectivity index (χ4v) is 3.88. The molecule has 10 heteroatoms. The zero-order valence-electron chi connectivity index (χ0n) is 15.4. The highest BCUT2D eigenvalue weighted by atomic mass is 35.5. The summed E-state index contributed by atoms with van der Waals surface area (Å²) in [5, 5.41) is 7.23. The van der Waals surface area contributed by atoms with Crippen LogP contribution in [0.5, 0.6) is 0 Å². The zero-order chi connectivity index (χ0) is 17.8. The van der Waals surface area contributed by atoms with E-state index in [1.807, 2.05) is 6.07 Å². The molecule has 0 spiro atoms. The molecule has 2 aromatic heterocycles. The fraction of sp³-hybridized carbons (Fsp3) is 0.389. The lowest BCUT2D eigenvalue weighted by Crippen LogP contribution is -2.45. The van der Waals surface area contributed by atoms with Crippen LogP contribution in [0.25, 0.3) is 10.6 Å². The van der Waals surface area contributed by atoms with Gasteiger partial charge in [-0.2, -0.15) is 4.98 Å². The molecule has 2 N–H and O–H groups in total. The van der Waals surface area contributed by atoms with Crippen LogP contribution >= 0.6 is 36.2 Å². The molecule has 1 saturated heterocycles. The number of nitrogens with zero attached hydrogens (tertiary/aromatic N) is 5. The molecular weight excluding hydrogens is 419 g/mol. The molecule has 3 aromatic rings. The van der Waals surface area contributed by atoms with E-state index < -0.39 is 0 Å². The Bertz CT molecular complexity index is 835. The molecule has 152 valence electrons. The molecule has 1 fully saturated rings. The van der Waals surface area contributed by atoms with E-state index in [-0.39, 0.29) is 24.8 Å². The quantitative estimate of drug-likeness (QED) is 0.627. The van der Waals surface area contributed by atoms with E-state index in [0.29, 0.717) is 24.8 Å². The SMILES string of the molecule is Cl.Cl.NCc1nc(CN2CCN(Cc3csc(-c4ccccc4)n3)CC2)no1. The molecule has 0 bridgehead atoms. The van der Waals surface area contributed by atoms with E-state index in [2.05, 4.69) is 49.6 Å². The van der Waals surface area contributed by atoms with Gasteiger partial charge in [0.25, 0.3) is 0 Å². The maximum atomic E-state index is 5.51. The molecular formula is C18H24Cl2N6OS. The van der Waals surface area contributed by atoms with Crippen molar-refractivity contribution in [1.82, 2.24) is 24.9 Å². The average Bonchev–Trinajstić information content (AvgIpc) is 3.33. The lowest BCUT2D eigenvalue weighted by atomic mass is 10.2. The van der Waals surface area contributed by atoms with Crippen molar-refractivity contribution < 1.29 is 4.52 Å². The summed E-state index contributed by atoms with van der Waals surface area (Å²) in [5.74, 6) is 1.21. The van der Waals surface area contributed by atoms with E-state index in [1.165, 1.54) is 5.56 Å². The van der Waals surface area contributed by atoms with Gasteiger partial charge in [0.2, 0.25) is 5.89 Å². The van der Waals surface area contributed by atoms with Crippen molar-refractivity contribution in [2.24, 2.45) is 5.73 Å². The third kappa shape index (κ3) is 5.73. The topological polar surface area (TPSA) is 84.3 Å². The first-order valence-corrected chi connectivity index (χ1v) is 9.64. The predicted molar refractivity (Wildman–Crippen MR) is 115 cm³/mol. The number of aromatic nitrogens is 3. The highest BCUT2D eigenvalue weighted by Gasteiger charge is 2.19. The van der Waals surface area contributed by atoms with E-state index in [1.54, 1.807) is 11.3 Å². The Balaban J connectivity index is 0.00000140. The van der Waals surface area contributed by atoms with Crippen LogP contribution in [0.2, 0.25) is 0 Å². The largest absolute Gasteiger partial charge is 0.338 e. The summed E-state index contributed by atoms with van der Waals surface area (Å²) in [7, 11) is 0. The van der Waals surface area contributed by atoms with Crippen LogP contribution in [0.4, 0.5) is 0 Å². The molecule has 7 nitrogen and oxygen atoms in total. The predicted octanol–water partition coefficient (Wildman–Crippen LogP) is 2.81. The summed E-state index contributed by atoms with van der Waals surface area (Å²) in [6.07, 6.45) is 0. The second-order valence-corrected chi connectivity index (χ2v) is 7.23. The first-order chi connectivity index (χ1) is 12.8. The molecule has 1 aromatic carbocycles. The highest BCUT2D eigenvalue weighted by molar-refractivity contribution is 7.13. The minimum atomic E-state index is 0. The first kappa shape index (κ1) is 22.7. The van der Waals surface area contributed by atoms with Crippen molar-refractivity contribution >= 4 is 36.2 Å². The van der Waals surface area contributed by atoms with Gasteiger partial charge in [-0.15, -0.1) is 36.2 Å². The summed E-state index contributed by atoms with van der Waals surface area (Å²) >= 11 is 1.71. The minimum absolute atomic E-state index is 0. The number of halogens is 2. The number of nitrogens with two attached hydrogens (primary N) is 1. The molecule has 28 heavy (non-hydrogen) atoms. The van der Waals surface area contributed by atoms with E-state index in [0.717, 1.165) is 43.4 Å². The van der Waals surface area contributed by atoms with Gasteiger partial charge in [0.05, 0.1) is 18.8 Å². The molecule has 0 amide bonds. The maximum Gasteiger partial charge on any atom is 0.240 e. The van der Waals surface area contributed by atoms with Crippen molar-refractivity contribution in [2.75, 3.05) is 26.2 Å². The number of rotatable bonds is 6. The van der Waals surface area contributed by atoms with Gasteiger partial charge in [-0.05, 0) is 0 Å². The van der Waals surface area contributed by atoms with E-state index in [4.69, 9.17) is 15.2 Å². The minimum Gasteiger partial charge on any atom is -0.338 e. The van der Waals surface area contributed by atoms with Crippen LogP contribution in [-0.4, -0.2) is 51.1 Å². The molecule has 0 radical (unpaired) electrons. The Morgan fingerprint density at radius 3 is 2.29 bits per heavy atom. The zero-order valence-corrected chi connectivity index (χ0v) is 17.8. The van der Waals surface area contributed by atoms with Gasteiger partial charge >= 0.3 is 0 Å². The Morgan fingerprint density at radius 2 is 1.64 bits per heavy atom. The number of piperazine rings is 1. The van der Waals surface area contributed by atoms with Crippen LogP contribution < -0.4 is 5.73 Å². The maximum absolute atomic E-state index is 5.51. The molecule has 1 aliphatic rings. The van der Waals surface area contributed by atoms with Gasteiger partial charge < -0.3 is 10.3 Å². The van der Waals surface area contributed by atoms with E-state index >= 15 is 0 Å². The molecule has 4 rings (SSSR count). The molecule has 0 unspecified atom stereocenters. The lowest BCUT2D eigenvalue weighted by molar-refractivity contribution is 0.118. The summed E-state index contributed by atoms with van der Waals surface area (Å²) in [6, 6.07) is 10.3. The van der Waals surface area contributed by atoms with Crippen molar-refractivity contribution in [3.8, 4) is 10.6 Å². The molecule has 3 heterocycles. The van der Waals surface area contributed by atoms with Crippen LogP contribution in [0.1, 0.15) is 17.4 Å². The summed E-state index contributed by atoms with van der Waals surface area (Å²) in [6.45, 7) is 5.91. The Hall–Kier alpha value is -1.55. The Labute approximate surface area is 180 Å². The first-order valence-electron chi connectivity index (χ1n) is 8.76. The monoisotopic (exact) mass is 442 g/mol. The number of benzene rings is 1. The normalized spacial score (nSPS) is 15.0. The van der Waals surface area contributed by atoms with Crippen LogP contribution in [0.15, 0.2) is 40.2 Å². The second-order valence-electron chi connectivity index (χ2n) is 6.37. The van der Waals surface area contributed by atoms with E-state index in [9.17, 15) is 0 Å². The van der Waals surface area contributed by atoms with Gasteiger partial charge in [-0.1, -0.05) is 35.5 Å². The lowest BCUT2D eigenvalue weighted by Gasteiger charge is -2.33. The number of hydrogen-bond acceptors (Lipinski definition) is 8. The summed E-state index contributed by atoms with van der Waals surface area (Å²) < 4.78 is 5.06. The number of hydrogen-bond donors (Lipinski definition) is 1. The molecule has 0 saturated carbocycles. The average molecular weight is 443 g/mol. The van der Waals surface area contributed by atoms with Gasteiger partial charge in [0, 0.05) is 43.7 Å². The molecule has 0 atom stereocenters. The summed E-state index contributed by atoms with van der Waals surface area (Å²) in [4.78, 5) is 13.9. The number of thiazole rings is 1. The van der Waals surface area contributed by atoms with Gasteiger partial charge in [0.15, 0.2) is 5.82 Å². The van der Waals surface area contributed by atoms with Gasteiger partial charge in [-0.25, -0.2) is 4.98 Å². The van der Waals surface area contributed by atoms with Crippen molar-refractivity contribution in [3.63, 3.8) is 0 Å². The van der Waals surface area contributed by atoms with Gasteiger partial charge in [0.1, 0.15) is 5.01 Å². The smallest absolute Gasteiger partial charge is 0.240 e. The summed E-state index contributed by atoms with van der Waals surface area (Å²) in [5.41, 5.74) is 7.84. The second kappa shape index (κ2) is 10.8. The molecule has 1 aliphatic heterocycles. The third-order valence-electron chi connectivity index (χ3n) is 4.47. The van der Waals surface area contributed by atoms with Gasteiger partial charge in [-0.3, -0.25) is 9.80 Å². The Kier molecular flexibility index (Phi) is 8.81. The standard InChI is InChI=1S/C18H22N6OS.2ClH/c19-10-17-21-16(22-25-17)12-24-8-6-23(7-9-24)11-15-13-26-18(20-15)14-4-2-1-3-5-14;;/h1-5,13H,6-12,19H2;2*1H.